The van der Waals surface area contributed by atoms with Gasteiger partial charge in [0.05, 0.1) is 25.4 Å². The highest BCUT2D eigenvalue weighted by atomic mass is 16.5. The molecule has 0 heterocycles. The summed E-state index contributed by atoms with van der Waals surface area (Å²) < 4.78 is 14.2. The Kier molecular flexibility index (Phi) is 4.63. The smallest absolute Gasteiger partial charge is 0.338 e. The van der Waals surface area contributed by atoms with Crippen molar-refractivity contribution in [3.63, 3.8) is 0 Å². The molecule has 1 aliphatic carbocycles. The van der Waals surface area contributed by atoms with E-state index in [0.717, 1.165) is 0 Å². The van der Waals surface area contributed by atoms with Crippen molar-refractivity contribution >= 4 is 11.9 Å². The number of aliphatic hydroxyl groups is 1. The van der Waals surface area contributed by atoms with Gasteiger partial charge in [-0.2, -0.15) is 0 Å². The molecule has 0 spiro atoms. The molecule has 100 valence electrons. The average molecular weight is 256 g/mol. The lowest BCUT2D eigenvalue weighted by atomic mass is 9.87. The monoisotopic (exact) mass is 256 g/mol. The Morgan fingerprint density at radius 2 is 1.72 bits per heavy atom. The van der Waals surface area contributed by atoms with Crippen LogP contribution in [0.15, 0.2) is 22.8 Å². The van der Waals surface area contributed by atoms with Crippen molar-refractivity contribution in [2.45, 2.75) is 19.1 Å². The predicted molar refractivity (Wildman–Crippen MR) is 61.6 cm³/mol. The van der Waals surface area contributed by atoms with E-state index in [0.29, 0.717) is 5.57 Å². The summed E-state index contributed by atoms with van der Waals surface area (Å²) in [6.07, 6.45) is -0.406. The van der Waals surface area contributed by atoms with E-state index in [2.05, 4.69) is 9.47 Å². The van der Waals surface area contributed by atoms with Gasteiger partial charge >= 0.3 is 11.9 Å². The van der Waals surface area contributed by atoms with Crippen LogP contribution in [0.2, 0.25) is 0 Å². The molecule has 0 saturated heterocycles. The number of esters is 2. The number of carbonyl (C=O) groups is 2. The van der Waals surface area contributed by atoms with Crippen molar-refractivity contribution in [3.8, 4) is 0 Å². The minimum Gasteiger partial charge on any atom is -0.466 e. The van der Waals surface area contributed by atoms with E-state index in [-0.39, 0.29) is 11.1 Å². The van der Waals surface area contributed by atoms with Crippen molar-refractivity contribution in [2.75, 3.05) is 21.3 Å². The van der Waals surface area contributed by atoms with Gasteiger partial charge in [0.15, 0.2) is 0 Å². The Morgan fingerprint density at radius 3 is 2.17 bits per heavy atom. The van der Waals surface area contributed by atoms with Gasteiger partial charge in [-0.05, 0) is 18.6 Å². The summed E-state index contributed by atoms with van der Waals surface area (Å²) in [5, 5.41) is 10.0. The number of rotatable bonds is 3. The molecule has 0 bridgehead atoms. The van der Waals surface area contributed by atoms with Gasteiger partial charge in [0, 0.05) is 7.11 Å². The van der Waals surface area contributed by atoms with Crippen LogP contribution in [-0.2, 0) is 23.8 Å². The number of hydrogen-bond donors (Lipinski definition) is 1. The first-order valence-corrected chi connectivity index (χ1v) is 5.28. The maximum Gasteiger partial charge on any atom is 0.338 e. The lowest BCUT2D eigenvalue weighted by molar-refractivity contribution is -0.141. The largest absolute Gasteiger partial charge is 0.466 e. The van der Waals surface area contributed by atoms with Crippen LogP contribution < -0.4 is 0 Å². The molecular formula is C12H16O6. The first-order chi connectivity index (χ1) is 8.47. The Morgan fingerprint density at radius 1 is 1.17 bits per heavy atom. The van der Waals surface area contributed by atoms with Crippen LogP contribution in [0.3, 0.4) is 0 Å². The number of aliphatic hydroxyl groups excluding tert-OH is 1. The Balaban J connectivity index is 3.37. The SMILES string of the molecule is COC(=O)C1=C(C(=O)OC)[C@H](O)C(OC)C=C1C. The summed E-state index contributed by atoms with van der Waals surface area (Å²) >= 11 is 0. The zero-order valence-electron chi connectivity index (χ0n) is 10.7. The highest BCUT2D eigenvalue weighted by Crippen LogP contribution is 2.28. The third kappa shape index (κ3) is 2.44. The molecule has 0 aromatic rings. The molecule has 0 saturated carbocycles. The zero-order chi connectivity index (χ0) is 13.9. The molecule has 1 unspecified atom stereocenters. The summed E-state index contributed by atoms with van der Waals surface area (Å²) in [5.74, 6) is -1.48. The number of carbonyl (C=O) groups excluding carboxylic acids is 2. The molecule has 1 aliphatic rings. The summed E-state index contributed by atoms with van der Waals surface area (Å²) in [6.45, 7) is 1.63. The Labute approximate surface area is 105 Å². The predicted octanol–water partition coefficient (Wildman–Crippen LogP) is -0.0352. The van der Waals surface area contributed by atoms with Crippen LogP contribution in [-0.4, -0.2) is 50.6 Å². The summed E-state index contributed by atoms with van der Waals surface area (Å²) in [6, 6.07) is 0. The molecule has 6 nitrogen and oxygen atoms in total. The lowest BCUT2D eigenvalue weighted by Crippen LogP contribution is -2.37. The first kappa shape index (κ1) is 14.4. The van der Waals surface area contributed by atoms with Gasteiger partial charge < -0.3 is 19.3 Å². The maximum atomic E-state index is 11.7. The van der Waals surface area contributed by atoms with E-state index in [4.69, 9.17) is 4.74 Å². The van der Waals surface area contributed by atoms with Crippen LogP contribution in [0.1, 0.15) is 6.92 Å². The van der Waals surface area contributed by atoms with Gasteiger partial charge in [-0.3, -0.25) is 0 Å². The number of hydrogen-bond acceptors (Lipinski definition) is 6. The second-order valence-electron chi connectivity index (χ2n) is 3.77. The molecule has 2 atom stereocenters. The van der Waals surface area contributed by atoms with E-state index in [9.17, 15) is 14.7 Å². The fraction of sp³-hybridized carbons (Fsp3) is 0.500. The van der Waals surface area contributed by atoms with Crippen molar-refractivity contribution in [2.24, 2.45) is 0 Å². The fourth-order valence-electron chi connectivity index (χ4n) is 1.85. The fourth-order valence-corrected chi connectivity index (χ4v) is 1.85. The molecule has 0 amide bonds. The van der Waals surface area contributed by atoms with Gasteiger partial charge in [0.25, 0.3) is 0 Å². The zero-order valence-corrected chi connectivity index (χ0v) is 10.7. The van der Waals surface area contributed by atoms with E-state index < -0.39 is 24.1 Å². The molecule has 0 fully saturated rings. The molecule has 1 rings (SSSR count). The van der Waals surface area contributed by atoms with Gasteiger partial charge in [-0.15, -0.1) is 0 Å². The first-order valence-electron chi connectivity index (χ1n) is 5.28. The Hall–Kier alpha value is -1.66. The molecule has 0 aromatic carbocycles. The molecule has 18 heavy (non-hydrogen) atoms. The van der Waals surface area contributed by atoms with E-state index in [1.807, 2.05) is 0 Å². The van der Waals surface area contributed by atoms with E-state index in [1.54, 1.807) is 13.0 Å². The Bertz CT molecular complexity index is 420. The standard InChI is InChI=1S/C12H16O6/c1-6-5-7(16-2)10(13)9(12(15)18-4)8(6)11(14)17-3/h5,7,10,13H,1-4H3/t7?,10-/m1/s1. The molecule has 0 radical (unpaired) electrons. The summed E-state index contributed by atoms with van der Waals surface area (Å²) in [4.78, 5) is 23.4. The average Bonchev–Trinajstić information content (AvgIpc) is 2.38. The highest BCUT2D eigenvalue weighted by Gasteiger charge is 2.37. The quantitative estimate of drug-likeness (QED) is 0.714. The van der Waals surface area contributed by atoms with Crippen molar-refractivity contribution in [3.05, 3.63) is 22.8 Å². The van der Waals surface area contributed by atoms with Crippen molar-refractivity contribution < 1.29 is 28.9 Å². The summed E-state index contributed by atoms with van der Waals surface area (Å²) in [7, 11) is 3.77. The molecular weight excluding hydrogens is 240 g/mol. The second kappa shape index (κ2) is 5.79. The van der Waals surface area contributed by atoms with Crippen LogP contribution in [0.5, 0.6) is 0 Å². The minimum absolute atomic E-state index is 0.0187. The van der Waals surface area contributed by atoms with Crippen LogP contribution >= 0.6 is 0 Å². The van der Waals surface area contributed by atoms with Crippen LogP contribution in [0.4, 0.5) is 0 Å². The van der Waals surface area contributed by atoms with Crippen molar-refractivity contribution in [1.82, 2.24) is 0 Å². The second-order valence-corrected chi connectivity index (χ2v) is 3.77. The number of methoxy groups -OCH3 is 3. The van der Waals surface area contributed by atoms with E-state index >= 15 is 0 Å². The highest BCUT2D eigenvalue weighted by molar-refractivity contribution is 6.04. The van der Waals surface area contributed by atoms with Gasteiger partial charge in [0.2, 0.25) is 0 Å². The topological polar surface area (TPSA) is 82.1 Å². The molecule has 1 N–H and O–H groups in total. The van der Waals surface area contributed by atoms with Gasteiger partial charge in [-0.1, -0.05) is 0 Å². The van der Waals surface area contributed by atoms with Crippen LogP contribution in [0.25, 0.3) is 0 Å². The van der Waals surface area contributed by atoms with E-state index in [1.165, 1.54) is 21.3 Å². The lowest BCUT2D eigenvalue weighted by Gasteiger charge is -2.27. The molecule has 0 aromatic heterocycles. The number of ether oxygens (including phenoxy) is 3. The van der Waals surface area contributed by atoms with Crippen LogP contribution in [0, 0.1) is 0 Å². The minimum atomic E-state index is -1.26. The van der Waals surface area contributed by atoms with Gasteiger partial charge in [-0.25, -0.2) is 9.59 Å². The third-order valence-corrected chi connectivity index (χ3v) is 2.75. The maximum absolute atomic E-state index is 11.7. The van der Waals surface area contributed by atoms with Crippen molar-refractivity contribution in [1.29, 1.82) is 0 Å². The third-order valence-electron chi connectivity index (χ3n) is 2.75. The molecule has 0 aliphatic heterocycles. The molecule has 6 heteroatoms. The van der Waals surface area contributed by atoms with Gasteiger partial charge in [0.1, 0.15) is 12.2 Å². The summed E-state index contributed by atoms with van der Waals surface area (Å²) in [5.41, 5.74) is 0.376. The normalized spacial score (nSPS) is 23.5.